The lowest BCUT2D eigenvalue weighted by atomic mass is 10.1. The Hall–Kier alpha value is -3.39. The lowest BCUT2D eigenvalue weighted by Crippen LogP contribution is -2.08. The number of nitriles is 1. The number of para-hydroxylation sites is 1. The molecule has 0 aliphatic carbocycles. The van der Waals surface area contributed by atoms with Crippen LogP contribution in [0.5, 0.6) is 0 Å². The lowest BCUT2D eigenvalue weighted by Gasteiger charge is -2.10. The van der Waals surface area contributed by atoms with Crippen molar-refractivity contribution < 1.29 is 0 Å². The van der Waals surface area contributed by atoms with E-state index in [2.05, 4.69) is 38.7 Å². The smallest absolute Gasteiger partial charge is 0.186 e. The van der Waals surface area contributed by atoms with Gasteiger partial charge >= 0.3 is 0 Å². The number of fused-ring (bicyclic) bond motifs is 2. The molecule has 0 atom stereocenters. The molecular formula is C20H17N5. The minimum atomic E-state index is 0.331. The van der Waals surface area contributed by atoms with Crippen LogP contribution in [0.1, 0.15) is 16.8 Å². The van der Waals surface area contributed by atoms with Gasteiger partial charge in [0.15, 0.2) is 5.69 Å². The Morgan fingerprint density at radius 2 is 2.00 bits per heavy atom. The second-order valence-corrected chi connectivity index (χ2v) is 6.09. The van der Waals surface area contributed by atoms with Gasteiger partial charge in [-0.1, -0.05) is 29.8 Å². The monoisotopic (exact) mass is 327 g/mol. The van der Waals surface area contributed by atoms with E-state index < -0.39 is 0 Å². The van der Waals surface area contributed by atoms with Gasteiger partial charge in [0.05, 0.1) is 11.2 Å². The van der Waals surface area contributed by atoms with E-state index in [0.717, 1.165) is 34.1 Å². The Morgan fingerprint density at radius 1 is 1.12 bits per heavy atom. The number of nitrogens with zero attached hydrogens (tertiary/aromatic N) is 3. The summed E-state index contributed by atoms with van der Waals surface area (Å²) in [5, 5.41) is 23.1. The summed E-state index contributed by atoms with van der Waals surface area (Å²) in [4.78, 5) is 3.29. The molecule has 25 heavy (non-hydrogen) atoms. The van der Waals surface area contributed by atoms with Gasteiger partial charge in [0.2, 0.25) is 0 Å². The maximum absolute atomic E-state index is 9.37. The number of rotatable bonds is 4. The summed E-state index contributed by atoms with van der Waals surface area (Å²) in [6, 6.07) is 16.4. The molecule has 0 saturated heterocycles. The molecule has 5 heteroatoms. The van der Waals surface area contributed by atoms with Crippen molar-refractivity contribution in [1.82, 2.24) is 15.2 Å². The summed E-state index contributed by atoms with van der Waals surface area (Å²) in [5.74, 6) is 0. The van der Waals surface area contributed by atoms with Crippen LogP contribution in [0.15, 0.2) is 48.7 Å². The van der Waals surface area contributed by atoms with Crippen LogP contribution in [0.3, 0.4) is 0 Å². The first-order chi connectivity index (χ1) is 12.3. The highest BCUT2D eigenvalue weighted by Crippen LogP contribution is 2.25. The zero-order valence-electron chi connectivity index (χ0n) is 13.9. The molecule has 0 spiro atoms. The van der Waals surface area contributed by atoms with Crippen LogP contribution in [0.25, 0.3) is 21.8 Å². The largest absolute Gasteiger partial charge is 0.382 e. The summed E-state index contributed by atoms with van der Waals surface area (Å²) in [6.07, 6.45) is 2.90. The highest BCUT2D eigenvalue weighted by atomic mass is 15.1. The van der Waals surface area contributed by atoms with Gasteiger partial charge < -0.3 is 10.3 Å². The van der Waals surface area contributed by atoms with Crippen molar-refractivity contribution in [3.05, 3.63) is 65.5 Å². The fourth-order valence-electron chi connectivity index (χ4n) is 3.14. The van der Waals surface area contributed by atoms with Crippen LogP contribution in [0.4, 0.5) is 5.69 Å². The molecule has 5 nitrogen and oxygen atoms in total. The second kappa shape index (κ2) is 6.25. The first kappa shape index (κ1) is 15.2. The van der Waals surface area contributed by atoms with Gasteiger partial charge in [-0.3, -0.25) is 0 Å². The zero-order valence-corrected chi connectivity index (χ0v) is 13.9. The molecule has 0 unspecified atom stereocenters. The van der Waals surface area contributed by atoms with Crippen LogP contribution in [0.2, 0.25) is 0 Å². The molecule has 0 fully saturated rings. The summed E-state index contributed by atoms with van der Waals surface area (Å²) >= 11 is 0. The molecular weight excluding hydrogens is 310 g/mol. The van der Waals surface area contributed by atoms with E-state index in [4.69, 9.17) is 0 Å². The quantitative estimate of drug-likeness (QED) is 0.595. The first-order valence-corrected chi connectivity index (χ1v) is 8.22. The number of aryl methyl sites for hydroxylation is 1. The molecule has 2 aromatic carbocycles. The van der Waals surface area contributed by atoms with Crippen molar-refractivity contribution in [1.29, 1.82) is 5.26 Å². The Bertz CT molecular complexity index is 1100. The molecule has 4 rings (SSSR count). The van der Waals surface area contributed by atoms with E-state index in [-0.39, 0.29) is 0 Å². The summed E-state index contributed by atoms with van der Waals surface area (Å²) in [6.45, 7) is 2.74. The third kappa shape index (κ3) is 2.79. The first-order valence-electron chi connectivity index (χ1n) is 8.22. The second-order valence-electron chi connectivity index (χ2n) is 6.09. The molecule has 2 N–H and O–H groups in total. The van der Waals surface area contributed by atoms with Crippen molar-refractivity contribution >= 4 is 27.5 Å². The van der Waals surface area contributed by atoms with Crippen LogP contribution < -0.4 is 5.32 Å². The van der Waals surface area contributed by atoms with E-state index in [9.17, 15) is 5.26 Å². The lowest BCUT2D eigenvalue weighted by molar-refractivity contribution is 1.01. The number of hydrogen-bond donors (Lipinski definition) is 2. The number of aromatic nitrogens is 3. The third-order valence-electron chi connectivity index (χ3n) is 4.39. The molecule has 0 aliphatic rings. The number of H-pyrrole nitrogens is 1. The fourth-order valence-corrected chi connectivity index (χ4v) is 3.14. The van der Waals surface area contributed by atoms with Gasteiger partial charge in [0, 0.05) is 29.0 Å². The van der Waals surface area contributed by atoms with E-state index in [1.165, 1.54) is 10.9 Å². The Labute approximate surface area is 145 Å². The summed E-state index contributed by atoms with van der Waals surface area (Å²) in [5.41, 5.74) is 5.40. The average molecular weight is 327 g/mol. The maximum Gasteiger partial charge on any atom is 0.186 e. The number of benzene rings is 2. The molecule has 0 radical (unpaired) electrons. The van der Waals surface area contributed by atoms with Gasteiger partial charge in [0.25, 0.3) is 0 Å². The van der Waals surface area contributed by atoms with Gasteiger partial charge in [-0.15, -0.1) is 10.2 Å². The molecule has 2 heterocycles. The summed E-state index contributed by atoms with van der Waals surface area (Å²) in [7, 11) is 0. The molecule has 0 bridgehead atoms. The van der Waals surface area contributed by atoms with Crippen LogP contribution in [-0.2, 0) is 6.42 Å². The molecule has 0 aliphatic heterocycles. The number of nitrogens with one attached hydrogen (secondary N) is 2. The fraction of sp³-hybridized carbons (Fsp3) is 0.150. The van der Waals surface area contributed by atoms with Crippen molar-refractivity contribution in [3.8, 4) is 6.07 Å². The Morgan fingerprint density at radius 3 is 2.88 bits per heavy atom. The Balaban J connectivity index is 1.62. The summed E-state index contributed by atoms with van der Waals surface area (Å²) < 4.78 is 0. The molecule has 0 saturated carbocycles. The number of aromatic amines is 1. The molecule has 2 aromatic heterocycles. The van der Waals surface area contributed by atoms with Crippen LogP contribution in [-0.4, -0.2) is 21.7 Å². The minimum absolute atomic E-state index is 0.331. The van der Waals surface area contributed by atoms with Crippen LogP contribution in [0, 0.1) is 18.3 Å². The van der Waals surface area contributed by atoms with E-state index in [0.29, 0.717) is 12.2 Å². The number of hydrogen-bond acceptors (Lipinski definition) is 4. The van der Waals surface area contributed by atoms with Crippen LogP contribution >= 0.6 is 0 Å². The highest BCUT2D eigenvalue weighted by molar-refractivity contribution is 5.93. The van der Waals surface area contributed by atoms with Gasteiger partial charge in [-0.2, -0.15) is 5.26 Å². The van der Waals surface area contributed by atoms with E-state index in [1.54, 1.807) is 0 Å². The van der Waals surface area contributed by atoms with Crippen molar-refractivity contribution in [2.75, 3.05) is 11.9 Å². The van der Waals surface area contributed by atoms with Crippen molar-refractivity contribution in [3.63, 3.8) is 0 Å². The minimum Gasteiger partial charge on any atom is -0.382 e. The van der Waals surface area contributed by atoms with E-state index >= 15 is 0 Å². The average Bonchev–Trinajstić information content (AvgIpc) is 3.05. The topological polar surface area (TPSA) is 77.4 Å². The van der Waals surface area contributed by atoms with Gasteiger partial charge in [0.1, 0.15) is 6.07 Å². The predicted molar refractivity (Wildman–Crippen MR) is 99.5 cm³/mol. The normalized spacial score (nSPS) is 10.9. The highest BCUT2D eigenvalue weighted by Gasteiger charge is 2.11. The number of anilines is 1. The van der Waals surface area contributed by atoms with Gasteiger partial charge in [-0.05, 0) is 37.1 Å². The SMILES string of the molecule is Cc1ccc2nnc(C#N)c(NCCc3c[nH]c4ccccc34)c2c1. The molecule has 4 aromatic rings. The standard InChI is InChI=1S/C20H17N5/c1-13-6-7-18-16(10-13)20(19(11-21)25-24-18)22-9-8-14-12-23-17-5-3-2-4-15(14)17/h2-7,10,12,23H,8-9H2,1H3,(H,22,24). The Kier molecular flexibility index (Phi) is 3.79. The maximum atomic E-state index is 9.37. The van der Waals surface area contributed by atoms with Gasteiger partial charge in [-0.25, -0.2) is 0 Å². The predicted octanol–water partition coefficient (Wildman–Crippen LogP) is 3.95. The van der Waals surface area contributed by atoms with Crippen molar-refractivity contribution in [2.45, 2.75) is 13.3 Å². The third-order valence-corrected chi connectivity index (χ3v) is 4.39. The molecule has 122 valence electrons. The van der Waals surface area contributed by atoms with E-state index in [1.807, 2.05) is 43.5 Å². The zero-order chi connectivity index (χ0) is 17.2. The van der Waals surface area contributed by atoms with Crippen molar-refractivity contribution in [2.24, 2.45) is 0 Å². The molecule has 0 amide bonds.